The molecule has 3 aromatic rings. The summed E-state index contributed by atoms with van der Waals surface area (Å²) in [5.41, 5.74) is 5.53. The number of aryl methyl sites for hydroxylation is 1. The molecular formula is C28H30N4O2S. The Morgan fingerprint density at radius 2 is 1.91 bits per heavy atom. The molecule has 2 aliphatic heterocycles. The Hall–Kier alpha value is -3.16. The van der Waals surface area contributed by atoms with Crippen LogP contribution in [0.1, 0.15) is 31.0 Å². The van der Waals surface area contributed by atoms with Gasteiger partial charge in [0.05, 0.1) is 10.6 Å². The molecule has 0 radical (unpaired) electrons. The molecule has 3 heterocycles. The number of hydrogen-bond acceptors (Lipinski definition) is 6. The number of unbranched alkanes of at least 4 members (excludes halogenated alkanes) is 1. The maximum atomic E-state index is 11.9. The molecule has 2 fully saturated rings. The zero-order valence-electron chi connectivity index (χ0n) is 20.2. The first-order chi connectivity index (χ1) is 17.0. The molecule has 35 heavy (non-hydrogen) atoms. The lowest BCUT2D eigenvalue weighted by molar-refractivity contribution is -0.115. The summed E-state index contributed by atoms with van der Waals surface area (Å²) in [6.45, 7) is 10.0. The number of carbonyl (C=O) groups is 2. The van der Waals surface area contributed by atoms with Crippen molar-refractivity contribution in [2.24, 2.45) is 0 Å². The minimum atomic E-state index is -0.368. The third-order valence-electron chi connectivity index (χ3n) is 6.75. The number of imide groups is 1. The molecule has 6 nitrogen and oxygen atoms in total. The number of nitrogens with zero attached hydrogens (tertiary/aromatic N) is 3. The highest BCUT2D eigenvalue weighted by Gasteiger charge is 2.25. The molecule has 0 bridgehead atoms. The van der Waals surface area contributed by atoms with E-state index in [1.54, 1.807) is 6.08 Å². The molecule has 1 N–H and O–H groups in total. The number of pyridine rings is 1. The van der Waals surface area contributed by atoms with E-state index in [2.05, 4.69) is 64.3 Å². The number of nitrogens with one attached hydrogen (secondary N) is 1. The quantitative estimate of drug-likeness (QED) is 0.467. The predicted octanol–water partition coefficient (Wildman–Crippen LogP) is 5.46. The molecule has 0 unspecified atom stereocenters. The lowest BCUT2D eigenvalue weighted by Crippen LogP contribution is -2.46. The van der Waals surface area contributed by atoms with Gasteiger partial charge >= 0.3 is 0 Å². The first kappa shape index (κ1) is 23.6. The third-order valence-corrected chi connectivity index (χ3v) is 7.57. The van der Waals surface area contributed by atoms with Crippen LogP contribution in [0.4, 0.5) is 10.5 Å². The number of thioether (sulfide) groups is 1. The lowest BCUT2D eigenvalue weighted by atomic mass is 9.96. The van der Waals surface area contributed by atoms with E-state index in [0.717, 1.165) is 59.8 Å². The second kappa shape index (κ2) is 10.2. The Morgan fingerprint density at radius 1 is 1.09 bits per heavy atom. The number of amides is 2. The van der Waals surface area contributed by atoms with E-state index in [0.29, 0.717) is 10.6 Å². The number of fused-ring (bicyclic) bond motifs is 1. The molecule has 2 amide bonds. The van der Waals surface area contributed by atoms with E-state index < -0.39 is 0 Å². The first-order valence-corrected chi connectivity index (χ1v) is 13.1. The Bertz CT molecular complexity index is 1310. The lowest BCUT2D eigenvalue weighted by Gasteiger charge is -2.37. The normalized spacial score (nSPS) is 18.0. The molecule has 7 heteroatoms. The van der Waals surface area contributed by atoms with Crippen LogP contribution < -0.4 is 10.2 Å². The van der Waals surface area contributed by atoms with Gasteiger partial charge in [0.1, 0.15) is 0 Å². The Kier molecular flexibility index (Phi) is 6.88. The van der Waals surface area contributed by atoms with Gasteiger partial charge < -0.3 is 4.90 Å². The van der Waals surface area contributed by atoms with E-state index in [9.17, 15) is 9.59 Å². The fourth-order valence-corrected chi connectivity index (χ4v) is 5.51. The van der Waals surface area contributed by atoms with E-state index >= 15 is 0 Å². The van der Waals surface area contributed by atoms with Crippen molar-refractivity contribution in [3.05, 3.63) is 64.8 Å². The van der Waals surface area contributed by atoms with Gasteiger partial charge in [-0.3, -0.25) is 24.8 Å². The molecular weight excluding hydrogens is 456 g/mol. The van der Waals surface area contributed by atoms with Gasteiger partial charge in [0, 0.05) is 43.4 Å². The molecule has 0 atom stereocenters. The van der Waals surface area contributed by atoms with Crippen LogP contribution in [0, 0.1) is 6.92 Å². The topological polar surface area (TPSA) is 65.5 Å². The predicted molar refractivity (Wildman–Crippen MR) is 145 cm³/mol. The van der Waals surface area contributed by atoms with Crippen LogP contribution >= 0.6 is 11.8 Å². The van der Waals surface area contributed by atoms with Crippen LogP contribution in [0.25, 0.3) is 28.0 Å². The van der Waals surface area contributed by atoms with E-state index in [4.69, 9.17) is 0 Å². The average molecular weight is 487 g/mol. The summed E-state index contributed by atoms with van der Waals surface area (Å²) in [6, 6.07) is 14.9. The zero-order valence-corrected chi connectivity index (χ0v) is 21.0. The van der Waals surface area contributed by atoms with Crippen LogP contribution in [0.3, 0.4) is 0 Å². The number of piperazine rings is 1. The molecule has 2 saturated heterocycles. The number of aromatic nitrogens is 1. The summed E-state index contributed by atoms with van der Waals surface area (Å²) in [5.74, 6) is -0.368. The fourth-order valence-electron chi connectivity index (χ4n) is 4.84. The highest BCUT2D eigenvalue weighted by Crippen LogP contribution is 2.33. The summed E-state index contributed by atoms with van der Waals surface area (Å²) >= 11 is 0.909. The van der Waals surface area contributed by atoms with E-state index in [-0.39, 0.29) is 11.1 Å². The Morgan fingerprint density at radius 3 is 2.63 bits per heavy atom. The maximum absolute atomic E-state index is 11.9. The fraction of sp³-hybridized carbons (Fsp3) is 0.321. The molecule has 2 aliphatic rings. The van der Waals surface area contributed by atoms with Crippen LogP contribution in [0.5, 0.6) is 0 Å². The van der Waals surface area contributed by atoms with Gasteiger partial charge in [0.15, 0.2) is 0 Å². The van der Waals surface area contributed by atoms with Crippen molar-refractivity contribution < 1.29 is 9.59 Å². The van der Waals surface area contributed by atoms with Gasteiger partial charge in [0.2, 0.25) is 0 Å². The standard InChI is InChI=1S/C28H30N4O2S/c1-3-4-10-31-11-13-32(14-12-31)25-9-8-20(15-19(25)2)23-7-5-6-21-18-29-22(16-24(21)23)17-26-27(33)30-28(34)35-26/h5-9,15-18H,3-4,10-14H2,1-2H3,(H,30,33,34). The molecule has 5 rings (SSSR count). The minimum absolute atomic E-state index is 0.347. The number of anilines is 1. The summed E-state index contributed by atoms with van der Waals surface area (Å²) < 4.78 is 0. The van der Waals surface area contributed by atoms with Gasteiger partial charge in [-0.05, 0) is 78.0 Å². The highest BCUT2D eigenvalue weighted by atomic mass is 32.2. The van der Waals surface area contributed by atoms with Gasteiger partial charge in [-0.15, -0.1) is 0 Å². The summed E-state index contributed by atoms with van der Waals surface area (Å²) in [5, 5.41) is 4.05. The van der Waals surface area contributed by atoms with E-state index in [1.165, 1.54) is 30.6 Å². The number of rotatable bonds is 6. The van der Waals surface area contributed by atoms with Gasteiger partial charge in [-0.25, -0.2) is 0 Å². The van der Waals surface area contributed by atoms with Crippen molar-refractivity contribution in [2.75, 3.05) is 37.6 Å². The highest BCUT2D eigenvalue weighted by molar-refractivity contribution is 8.18. The number of benzene rings is 2. The van der Waals surface area contributed by atoms with Crippen molar-refractivity contribution in [1.82, 2.24) is 15.2 Å². The van der Waals surface area contributed by atoms with Gasteiger partial charge in [0.25, 0.3) is 11.1 Å². The van der Waals surface area contributed by atoms with Gasteiger partial charge in [-0.1, -0.05) is 37.6 Å². The van der Waals surface area contributed by atoms with Crippen LogP contribution in [0.15, 0.2) is 53.6 Å². The summed E-state index contributed by atoms with van der Waals surface area (Å²) in [6.07, 6.45) is 6.02. The Balaban J connectivity index is 1.41. The smallest absolute Gasteiger partial charge is 0.290 e. The third kappa shape index (κ3) is 5.11. The van der Waals surface area contributed by atoms with Crippen molar-refractivity contribution >= 4 is 45.4 Å². The molecule has 0 aliphatic carbocycles. The maximum Gasteiger partial charge on any atom is 0.290 e. The SMILES string of the molecule is CCCCN1CCN(c2ccc(-c3cccc4cnc(C=C5SC(=O)NC5=O)cc34)cc2C)CC1. The molecule has 0 saturated carbocycles. The molecule has 1 aromatic heterocycles. The second-order valence-corrected chi connectivity index (χ2v) is 10.2. The summed E-state index contributed by atoms with van der Waals surface area (Å²) in [7, 11) is 0. The van der Waals surface area contributed by atoms with Crippen molar-refractivity contribution in [3.8, 4) is 11.1 Å². The average Bonchev–Trinajstić information content (AvgIpc) is 3.18. The monoisotopic (exact) mass is 486 g/mol. The largest absolute Gasteiger partial charge is 0.369 e. The van der Waals surface area contributed by atoms with Gasteiger partial charge in [-0.2, -0.15) is 0 Å². The second-order valence-electron chi connectivity index (χ2n) is 9.17. The summed E-state index contributed by atoms with van der Waals surface area (Å²) in [4.78, 5) is 33.4. The molecule has 180 valence electrons. The number of hydrogen-bond donors (Lipinski definition) is 1. The van der Waals surface area contributed by atoms with Crippen molar-refractivity contribution in [1.29, 1.82) is 0 Å². The van der Waals surface area contributed by atoms with Crippen molar-refractivity contribution in [3.63, 3.8) is 0 Å². The van der Waals surface area contributed by atoms with Crippen LogP contribution in [-0.2, 0) is 4.79 Å². The molecule has 2 aromatic carbocycles. The minimum Gasteiger partial charge on any atom is -0.369 e. The van der Waals surface area contributed by atoms with Crippen LogP contribution in [0.2, 0.25) is 0 Å². The zero-order chi connectivity index (χ0) is 24.4. The first-order valence-electron chi connectivity index (χ1n) is 12.2. The van der Waals surface area contributed by atoms with E-state index in [1.807, 2.05) is 18.3 Å². The van der Waals surface area contributed by atoms with Crippen molar-refractivity contribution in [2.45, 2.75) is 26.7 Å². The molecule has 0 spiro atoms. The van der Waals surface area contributed by atoms with Crippen LogP contribution in [-0.4, -0.2) is 53.8 Å². The Labute approximate surface area is 210 Å². The number of carbonyl (C=O) groups excluding carboxylic acids is 2.